The fourth-order valence-electron chi connectivity index (χ4n) is 0.716. The summed E-state index contributed by atoms with van der Waals surface area (Å²) in [6, 6.07) is 0. The van der Waals surface area contributed by atoms with Gasteiger partial charge in [-0.25, -0.2) is 0 Å². The second-order valence-electron chi connectivity index (χ2n) is 3.35. The van der Waals surface area contributed by atoms with Crippen LogP contribution in [0.5, 0.6) is 0 Å². The Morgan fingerprint density at radius 1 is 1.07 bits per heavy atom. The first kappa shape index (κ1) is 13.2. The molecule has 1 atom stereocenters. The molecular weight excluding hydrogens is 204 g/mol. The maximum atomic E-state index is 11.1. The fourth-order valence-corrected chi connectivity index (χ4v) is 0.793. The second kappa shape index (κ2) is 6.65. The molecule has 0 saturated carbocycles. The summed E-state index contributed by atoms with van der Waals surface area (Å²) in [5.74, 6) is -0.263. The third-order valence-corrected chi connectivity index (χ3v) is 1.81. The van der Waals surface area contributed by atoms with Crippen molar-refractivity contribution in [2.45, 2.75) is 26.1 Å². The van der Waals surface area contributed by atoms with Crippen LogP contribution in [-0.2, 0) is 9.59 Å². The standard InChI is InChI=1S/C9H17ClN2O2/c1-6(2)8(13)11-4-5-12-9(14)7(3)10/h6-7H,4-5H2,1-3H3,(H,11,13)(H,12,14). The fraction of sp³-hybridized carbons (Fsp3) is 0.778. The Balaban J connectivity index is 3.48. The predicted octanol–water partition coefficient (Wildman–Crippen LogP) is 0.502. The predicted molar refractivity (Wildman–Crippen MR) is 56.2 cm³/mol. The van der Waals surface area contributed by atoms with Crippen molar-refractivity contribution in [2.75, 3.05) is 13.1 Å². The van der Waals surface area contributed by atoms with E-state index in [4.69, 9.17) is 11.6 Å². The SMILES string of the molecule is CC(C)C(=O)NCCNC(=O)C(C)Cl. The first-order valence-corrected chi connectivity index (χ1v) is 5.08. The molecule has 4 nitrogen and oxygen atoms in total. The van der Waals surface area contributed by atoms with E-state index in [-0.39, 0.29) is 17.7 Å². The van der Waals surface area contributed by atoms with Crippen LogP contribution in [0.4, 0.5) is 0 Å². The van der Waals surface area contributed by atoms with Gasteiger partial charge < -0.3 is 10.6 Å². The van der Waals surface area contributed by atoms with Gasteiger partial charge in [0.1, 0.15) is 5.38 Å². The van der Waals surface area contributed by atoms with Gasteiger partial charge in [0.2, 0.25) is 11.8 Å². The smallest absolute Gasteiger partial charge is 0.237 e. The van der Waals surface area contributed by atoms with Gasteiger partial charge in [-0.1, -0.05) is 13.8 Å². The zero-order valence-electron chi connectivity index (χ0n) is 8.76. The van der Waals surface area contributed by atoms with Crippen LogP contribution in [0.3, 0.4) is 0 Å². The molecule has 1 unspecified atom stereocenters. The Bertz CT molecular complexity index is 183. The summed E-state index contributed by atoms with van der Waals surface area (Å²) in [7, 11) is 0. The largest absolute Gasteiger partial charge is 0.354 e. The normalized spacial score (nSPS) is 12.4. The molecule has 2 N–H and O–H groups in total. The minimum atomic E-state index is -0.532. The molecule has 0 saturated heterocycles. The molecule has 0 spiro atoms. The third-order valence-electron chi connectivity index (χ3n) is 1.61. The first-order valence-electron chi connectivity index (χ1n) is 4.64. The number of nitrogens with one attached hydrogen (secondary N) is 2. The number of hydrogen-bond acceptors (Lipinski definition) is 2. The van der Waals surface area contributed by atoms with Crippen molar-refractivity contribution < 1.29 is 9.59 Å². The van der Waals surface area contributed by atoms with Crippen molar-refractivity contribution in [3.63, 3.8) is 0 Å². The van der Waals surface area contributed by atoms with Crippen LogP contribution in [0.25, 0.3) is 0 Å². The van der Waals surface area contributed by atoms with Crippen LogP contribution in [0.1, 0.15) is 20.8 Å². The van der Waals surface area contributed by atoms with Crippen molar-refractivity contribution in [2.24, 2.45) is 5.92 Å². The van der Waals surface area contributed by atoms with Gasteiger partial charge in [-0.05, 0) is 6.92 Å². The lowest BCUT2D eigenvalue weighted by atomic mass is 10.2. The van der Waals surface area contributed by atoms with Crippen molar-refractivity contribution in [3.8, 4) is 0 Å². The monoisotopic (exact) mass is 220 g/mol. The molecule has 0 fully saturated rings. The van der Waals surface area contributed by atoms with E-state index < -0.39 is 5.38 Å². The van der Waals surface area contributed by atoms with Crippen molar-refractivity contribution in [1.82, 2.24) is 10.6 Å². The summed E-state index contributed by atoms with van der Waals surface area (Å²) in [4.78, 5) is 22.0. The van der Waals surface area contributed by atoms with Gasteiger partial charge in [-0.15, -0.1) is 11.6 Å². The molecule has 0 aliphatic carbocycles. The molecule has 14 heavy (non-hydrogen) atoms. The quantitative estimate of drug-likeness (QED) is 0.524. The van der Waals surface area contributed by atoms with Crippen LogP contribution in [-0.4, -0.2) is 30.3 Å². The molecule has 0 aliphatic rings. The molecular formula is C9H17ClN2O2. The Morgan fingerprint density at radius 2 is 1.50 bits per heavy atom. The van der Waals surface area contributed by atoms with Gasteiger partial charge in [0.25, 0.3) is 0 Å². The number of halogens is 1. The van der Waals surface area contributed by atoms with E-state index >= 15 is 0 Å². The maximum Gasteiger partial charge on any atom is 0.237 e. The van der Waals surface area contributed by atoms with E-state index in [1.807, 2.05) is 13.8 Å². The van der Waals surface area contributed by atoms with Crippen LogP contribution in [0.15, 0.2) is 0 Å². The van der Waals surface area contributed by atoms with Crippen LogP contribution in [0.2, 0.25) is 0 Å². The number of carbonyl (C=O) groups excluding carboxylic acids is 2. The van der Waals surface area contributed by atoms with Gasteiger partial charge in [-0.2, -0.15) is 0 Å². The number of amides is 2. The van der Waals surface area contributed by atoms with E-state index in [2.05, 4.69) is 10.6 Å². The molecule has 2 amide bonds. The highest BCUT2D eigenvalue weighted by molar-refractivity contribution is 6.30. The van der Waals surface area contributed by atoms with Crippen molar-refractivity contribution >= 4 is 23.4 Å². The van der Waals surface area contributed by atoms with Gasteiger partial charge in [-0.3, -0.25) is 9.59 Å². The third kappa shape index (κ3) is 5.80. The molecule has 0 radical (unpaired) electrons. The average Bonchev–Trinajstić information content (AvgIpc) is 2.11. The number of alkyl halides is 1. The Hall–Kier alpha value is -0.770. The lowest BCUT2D eigenvalue weighted by Crippen LogP contribution is -2.38. The minimum Gasteiger partial charge on any atom is -0.354 e. The van der Waals surface area contributed by atoms with Gasteiger partial charge in [0.15, 0.2) is 0 Å². The Labute approximate surface area is 89.4 Å². The van der Waals surface area contributed by atoms with Crippen LogP contribution < -0.4 is 10.6 Å². The average molecular weight is 221 g/mol. The second-order valence-corrected chi connectivity index (χ2v) is 4.01. The number of hydrogen-bond donors (Lipinski definition) is 2. The van der Waals surface area contributed by atoms with E-state index in [1.54, 1.807) is 6.92 Å². The molecule has 0 aromatic rings. The van der Waals surface area contributed by atoms with E-state index in [9.17, 15) is 9.59 Å². The highest BCUT2D eigenvalue weighted by Crippen LogP contribution is 1.91. The molecule has 5 heteroatoms. The lowest BCUT2D eigenvalue weighted by Gasteiger charge is -2.09. The van der Waals surface area contributed by atoms with Gasteiger partial charge in [0, 0.05) is 19.0 Å². The van der Waals surface area contributed by atoms with Crippen molar-refractivity contribution in [3.05, 3.63) is 0 Å². The molecule has 0 aromatic carbocycles. The van der Waals surface area contributed by atoms with Gasteiger partial charge >= 0.3 is 0 Å². The Kier molecular flexibility index (Phi) is 6.28. The number of rotatable bonds is 5. The summed E-state index contributed by atoms with van der Waals surface area (Å²) in [5, 5.41) is 4.74. The molecule has 0 aliphatic heterocycles. The lowest BCUT2D eigenvalue weighted by molar-refractivity contribution is -0.124. The summed E-state index contributed by atoms with van der Waals surface area (Å²) in [6.45, 7) is 6.08. The summed E-state index contributed by atoms with van der Waals surface area (Å²) < 4.78 is 0. The van der Waals surface area contributed by atoms with E-state index in [0.717, 1.165) is 0 Å². The highest BCUT2D eigenvalue weighted by Gasteiger charge is 2.08. The van der Waals surface area contributed by atoms with Crippen LogP contribution >= 0.6 is 11.6 Å². The maximum absolute atomic E-state index is 11.1. The van der Waals surface area contributed by atoms with E-state index in [1.165, 1.54) is 0 Å². The highest BCUT2D eigenvalue weighted by atomic mass is 35.5. The molecule has 0 bridgehead atoms. The zero-order chi connectivity index (χ0) is 11.1. The van der Waals surface area contributed by atoms with Crippen LogP contribution in [0, 0.1) is 5.92 Å². The van der Waals surface area contributed by atoms with Gasteiger partial charge in [0.05, 0.1) is 0 Å². The summed E-state index contributed by atoms with van der Waals surface area (Å²) in [5.41, 5.74) is 0. The van der Waals surface area contributed by atoms with Crippen molar-refractivity contribution in [1.29, 1.82) is 0 Å². The Morgan fingerprint density at radius 3 is 1.86 bits per heavy atom. The molecule has 82 valence electrons. The zero-order valence-corrected chi connectivity index (χ0v) is 9.52. The number of carbonyl (C=O) groups is 2. The first-order chi connectivity index (χ1) is 6.45. The minimum absolute atomic E-state index is 0.0156. The summed E-state index contributed by atoms with van der Waals surface area (Å²) >= 11 is 5.52. The topological polar surface area (TPSA) is 58.2 Å². The van der Waals surface area contributed by atoms with E-state index in [0.29, 0.717) is 13.1 Å². The molecule has 0 heterocycles. The molecule has 0 aromatic heterocycles. The molecule has 0 rings (SSSR count). The summed E-state index contributed by atoms with van der Waals surface area (Å²) in [6.07, 6.45) is 0.